The van der Waals surface area contributed by atoms with Crippen molar-refractivity contribution in [3.05, 3.63) is 83.9 Å². The van der Waals surface area contributed by atoms with Crippen molar-refractivity contribution in [1.82, 2.24) is 0 Å². The molecule has 0 spiro atoms. The third-order valence-electron chi connectivity index (χ3n) is 4.30. The first-order valence-corrected chi connectivity index (χ1v) is 9.29. The molecule has 1 aliphatic heterocycles. The number of carbonyl (C=O) groups is 1. The van der Waals surface area contributed by atoms with E-state index in [4.69, 9.17) is 0 Å². The van der Waals surface area contributed by atoms with Crippen LogP contribution in [0.15, 0.2) is 77.7 Å². The zero-order valence-corrected chi connectivity index (χ0v) is 14.3. The Hall–Kier alpha value is -2.92. The molecule has 0 aliphatic carbocycles. The lowest BCUT2D eigenvalue weighted by atomic mass is 10.0. The second kappa shape index (κ2) is 5.57. The van der Waals surface area contributed by atoms with Crippen LogP contribution in [0.3, 0.4) is 0 Å². The summed E-state index contributed by atoms with van der Waals surface area (Å²) in [5.41, 5.74) is 3.07. The van der Waals surface area contributed by atoms with Crippen LogP contribution in [0.5, 0.6) is 0 Å². The largest absolute Gasteiger partial charge is 0.272 e. The molecule has 0 radical (unpaired) electrons. The smallest absolute Gasteiger partial charge is 0.268 e. The van der Waals surface area contributed by atoms with Crippen molar-refractivity contribution in [3.63, 3.8) is 0 Å². The lowest BCUT2D eigenvalue weighted by Gasteiger charge is -2.30. The van der Waals surface area contributed by atoms with E-state index in [0.29, 0.717) is 16.8 Å². The highest BCUT2D eigenvalue weighted by Gasteiger charge is 2.38. The van der Waals surface area contributed by atoms with E-state index in [-0.39, 0.29) is 4.90 Å². The van der Waals surface area contributed by atoms with Crippen molar-refractivity contribution in [2.24, 2.45) is 0 Å². The van der Waals surface area contributed by atoms with Crippen molar-refractivity contribution in [3.8, 4) is 11.1 Å². The number of para-hydroxylation sites is 1. The maximum Gasteiger partial charge on any atom is 0.272 e. The number of anilines is 1. The standard InChI is InChI=1S/C20H15NO3S/c1-14-10-12-15(13-11-14)20(22)21-18-8-4-2-6-16(18)17-7-3-5-9-19(17)25(21,23)24/h2-13H,1H3. The van der Waals surface area contributed by atoms with E-state index in [1.54, 1.807) is 54.6 Å². The van der Waals surface area contributed by atoms with Gasteiger partial charge in [0.25, 0.3) is 15.9 Å². The van der Waals surface area contributed by atoms with Gasteiger partial charge in [-0.25, -0.2) is 8.42 Å². The molecule has 0 atom stereocenters. The molecule has 3 aromatic rings. The number of nitrogens with zero attached hydrogens (tertiary/aromatic N) is 1. The van der Waals surface area contributed by atoms with Gasteiger partial charge in [-0.05, 0) is 31.2 Å². The molecule has 124 valence electrons. The summed E-state index contributed by atoms with van der Waals surface area (Å²) in [4.78, 5) is 13.2. The Labute approximate surface area is 146 Å². The van der Waals surface area contributed by atoms with Crippen molar-refractivity contribution in [1.29, 1.82) is 0 Å². The second-order valence-electron chi connectivity index (χ2n) is 5.95. The molecule has 25 heavy (non-hydrogen) atoms. The van der Waals surface area contributed by atoms with Crippen molar-refractivity contribution in [2.45, 2.75) is 11.8 Å². The Balaban J connectivity index is 1.97. The summed E-state index contributed by atoms with van der Waals surface area (Å²) in [7, 11) is -3.97. The van der Waals surface area contributed by atoms with Crippen LogP contribution >= 0.6 is 0 Å². The predicted molar refractivity (Wildman–Crippen MR) is 97.1 cm³/mol. The lowest BCUT2D eigenvalue weighted by Crippen LogP contribution is -2.39. The zero-order valence-electron chi connectivity index (χ0n) is 13.5. The molecule has 4 rings (SSSR count). The molecule has 1 heterocycles. The summed E-state index contributed by atoms with van der Waals surface area (Å²) in [6, 6.07) is 20.7. The van der Waals surface area contributed by atoms with Crippen LogP contribution in [0.4, 0.5) is 5.69 Å². The Kier molecular flexibility index (Phi) is 3.47. The molecule has 3 aromatic carbocycles. The number of amides is 1. The van der Waals surface area contributed by atoms with Gasteiger partial charge in [0.1, 0.15) is 0 Å². The average molecular weight is 349 g/mol. The highest BCUT2D eigenvalue weighted by atomic mass is 32.2. The van der Waals surface area contributed by atoms with Crippen molar-refractivity contribution < 1.29 is 13.2 Å². The van der Waals surface area contributed by atoms with E-state index in [1.165, 1.54) is 6.07 Å². The van der Waals surface area contributed by atoms with Crippen LogP contribution in [0, 0.1) is 6.92 Å². The summed E-state index contributed by atoms with van der Waals surface area (Å²) in [5, 5.41) is 0. The van der Waals surface area contributed by atoms with Crippen molar-refractivity contribution in [2.75, 3.05) is 4.31 Å². The highest BCUT2D eigenvalue weighted by molar-refractivity contribution is 7.93. The summed E-state index contributed by atoms with van der Waals surface area (Å²) in [5.74, 6) is -0.554. The van der Waals surface area contributed by atoms with E-state index in [1.807, 2.05) is 19.1 Å². The maximum absolute atomic E-state index is 13.2. The van der Waals surface area contributed by atoms with Gasteiger partial charge in [0.2, 0.25) is 0 Å². The molecule has 0 saturated heterocycles. The van der Waals surface area contributed by atoms with Gasteiger partial charge in [-0.3, -0.25) is 4.79 Å². The molecule has 5 heteroatoms. The third kappa shape index (κ3) is 2.36. The van der Waals surface area contributed by atoms with E-state index in [2.05, 4.69) is 0 Å². The number of rotatable bonds is 1. The minimum Gasteiger partial charge on any atom is -0.268 e. The zero-order chi connectivity index (χ0) is 17.6. The van der Waals surface area contributed by atoms with Crippen LogP contribution in [0.25, 0.3) is 11.1 Å². The minimum atomic E-state index is -3.97. The van der Waals surface area contributed by atoms with Gasteiger partial charge in [0, 0.05) is 16.7 Å². The Morgan fingerprint density at radius 1 is 0.800 bits per heavy atom. The number of carbonyl (C=O) groups excluding carboxylic acids is 1. The molecule has 1 aliphatic rings. The number of sulfonamides is 1. The van der Waals surface area contributed by atoms with Crippen LogP contribution in [-0.4, -0.2) is 14.3 Å². The Morgan fingerprint density at radius 3 is 2.12 bits per heavy atom. The van der Waals surface area contributed by atoms with Crippen LogP contribution in [-0.2, 0) is 10.0 Å². The van der Waals surface area contributed by atoms with E-state index in [0.717, 1.165) is 15.4 Å². The molecule has 0 fully saturated rings. The molecule has 1 amide bonds. The van der Waals surface area contributed by atoms with E-state index in [9.17, 15) is 13.2 Å². The van der Waals surface area contributed by atoms with Gasteiger partial charge < -0.3 is 0 Å². The number of benzene rings is 3. The molecule has 0 unspecified atom stereocenters. The molecular weight excluding hydrogens is 334 g/mol. The maximum atomic E-state index is 13.2. The summed E-state index contributed by atoms with van der Waals surface area (Å²) < 4.78 is 27.2. The second-order valence-corrected chi connectivity index (χ2v) is 7.71. The first-order valence-electron chi connectivity index (χ1n) is 7.85. The van der Waals surface area contributed by atoms with Gasteiger partial charge in [-0.2, -0.15) is 4.31 Å². The highest BCUT2D eigenvalue weighted by Crippen LogP contribution is 2.43. The monoisotopic (exact) mass is 349 g/mol. The third-order valence-corrected chi connectivity index (χ3v) is 6.06. The quantitative estimate of drug-likeness (QED) is 0.667. The van der Waals surface area contributed by atoms with Gasteiger partial charge in [-0.15, -0.1) is 0 Å². The van der Waals surface area contributed by atoms with E-state index >= 15 is 0 Å². The summed E-state index contributed by atoms with van der Waals surface area (Å²) in [6.45, 7) is 1.91. The lowest BCUT2D eigenvalue weighted by molar-refractivity contribution is 0.101. The Bertz CT molecular complexity index is 1090. The molecular formula is C20H15NO3S. The average Bonchev–Trinajstić information content (AvgIpc) is 2.62. The number of hydrogen-bond donors (Lipinski definition) is 0. The van der Waals surface area contributed by atoms with Crippen LogP contribution in [0.2, 0.25) is 0 Å². The fraction of sp³-hybridized carbons (Fsp3) is 0.0500. The number of aryl methyl sites for hydroxylation is 1. The van der Waals surface area contributed by atoms with Crippen LogP contribution < -0.4 is 4.31 Å². The molecule has 0 bridgehead atoms. The molecule has 0 aromatic heterocycles. The Morgan fingerprint density at radius 2 is 1.40 bits per heavy atom. The SMILES string of the molecule is Cc1ccc(C(=O)N2c3ccccc3-c3ccccc3S2(=O)=O)cc1. The first kappa shape index (κ1) is 15.6. The van der Waals surface area contributed by atoms with Crippen LogP contribution in [0.1, 0.15) is 15.9 Å². The first-order chi connectivity index (χ1) is 12.0. The number of fused-ring (bicyclic) bond motifs is 3. The van der Waals surface area contributed by atoms with Gasteiger partial charge in [-0.1, -0.05) is 54.1 Å². The fourth-order valence-corrected chi connectivity index (χ4v) is 4.70. The van der Waals surface area contributed by atoms with Gasteiger partial charge in [0.05, 0.1) is 10.6 Å². The molecule has 4 nitrogen and oxygen atoms in total. The molecule has 0 saturated carbocycles. The fourth-order valence-electron chi connectivity index (χ4n) is 3.05. The molecule has 0 N–H and O–H groups in total. The summed E-state index contributed by atoms with van der Waals surface area (Å²) >= 11 is 0. The number of hydrogen-bond acceptors (Lipinski definition) is 3. The minimum absolute atomic E-state index is 0.147. The van der Waals surface area contributed by atoms with Gasteiger partial charge in [0.15, 0.2) is 0 Å². The normalized spacial score (nSPS) is 14.5. The predicted octanol–water partition coefficient (Wildman–Crippen LogP) is 4.01. The topological polar surface area (TPSA) is 54.5 Å². The van der Waals surface area contributed by atoms with Gasteiger partial charge >= 0.3 is 0 Å². The van der Waals surface area contributed by atoms with Crippen molar-refractivity contribution >= 4 is 21.6 Å². The van der Waals surface area contributed by atoms with E-state index < -0.39 is 15.9 Å². The summed E-state index contributed by atoms with van der Waals surface area (Å²) in [6.07, 6.45) is 0.